The van der Waals surface area contributed by atoms with Crippen LogP contribution >= 0.6 is 0 Å². The van der Waals surface area contributed by atoms with E-state index in [9.17, 15) is 14.4 Å². The average molecular weight is 331 g/mol. The van der Waals surface area contributed by atoms with Gasteiger partial charge in [-0.25, -0.2) is 9.69 Å². The van der Waals surface area contributed by atoms with Gasteiger partial charge in [0.25, 0.3) is 5.91 Å². The predicted octanol–water partition coefficient (Wildman–Crippen LogP) is 0.466. The Kier molecular flexibility index (Phi) is 4.20. The third-order valence-corrected chi connectivity index (χ3v) is 3.82. The van der Waals surface area contributed by atoms with Crippen molar-refractivity contribution in [2.24, 2.45) is 11.0 Å². The maximum absolute atomic E-state index is 12.7. The fourth-order valence-electron chi connectivity index (χ4n) is 2.78. The lowest BCUT2D eigenvalue weighted by atomic mass is 9.99. The van der Waals surface area contributed by atoms with Gasteiger partial charge in [-0.15, -0.1) is 0 Å². The molecule has 2 atom stereocenters. The minimum atomic E-state index is -0.955. The topological polar surface area (TPSA) is 97.3 Å². The van der Waals surface area contributed by atoms with E-state index in [1.165, 1.54) is 0 Å². The predicted molar refractivity (Wildman–Crippen MR) is 84.6 cm³/mol. The molecule has 0 saturated carbocycles. The number of ether oxygens (including phenoxy) is 2. The molecule has 0 bridgehead atoms. The normalized spacial score (nSPS) is 22.1. The van der Waals surface area contributed by atoms with E-state index in [0.29, 0.717) is 18.0 Å². The summed E-state index contributed by atoms with van der Waals surface area (Å²) in [6.07, 6.45) is 0. The number of esters is 1. The monoisotopic (exact) mass is 331 g/mol. The molecule has 2 aliphatic heterocycles. The number of fused-ring (bicyclic) bond motifs is 1. The number of amides is 2. The summed E-state index contributed by atoms with van der Waals surface area (Å²) in [5.74, 6) is -1.94. The lowest BCUT2D eigenvalue weighted by Gasteiger charge is -2.16. The van der Waals surface area contributed by atoms with E-state index in [1.54, 1.807) is 31.2 Å². The molecule has 1 aromatic rings. The van der Waals surface area contributed by atoms with Crippen LogP contribution in [-0.2, 0) is 19.1 Å². The molecule has 3 rings (SSSR count). The quantitative estimate of drug-likeness (QED) is 0.622. The Morgan fingerprint density at radius 1 is 1.17 bits per heavy atom. The maximum atomic E-state index is 12.7. The first kappa shape index (κ1) is 16.0. The molecule has 1 N–H and O–H groups in total. The molecule has 126 valence electrons. The Morgan fingerprint density at radius 2 is 1.88 bits per heavy atom. The van der Waals surface area contributed by atoms with Crippen molar-refractivity contribution >= 4 is 29.2 Å². The molecular formula is C16H17N3O5. The summed E-state index contributed by atoms with van der Waals surface area (Å²) in [5.41, 5.74) is 2.93. The van der Waals surface area contributed by atoms with Crippen LogP contribution < -0.4 is 15.1 Å². The van der Waals surface area contributed by atoms with Crippen molar-refractivity contribution < 1.29 is 23.9 Å². The van der Waals surface area contributed by atoms with E-state index in [-0.39, 0.29) is 12.3 Å². The molecule has 1 fully saturated rings. The number of hydrazone groups is 1. The van der Waals surface area contributed by atoms with Crippen molar-refractivity contribution in [3.63, 3.8) is 0 Å². The number of hydrogen-bond donors (Lipinski definition) is 1. The van der Waals surface area contributed by atoms with Gasteiger partial charge in [0.2, 0.25) is 5.91 Å². The second kappa shape index (κ2) is 6.31. The Hall–Kier alpha value is -2.90. The van der Waals surface area contributed by atoms with Gasteiger partial charge in [0, 0.05) is 0 Å². The van der Waals surface area contributed by atoms with Crippen LogP contribution in [0.25, 0.3) is 0 Å². The van der Waals surface area contributed by atoms with Crippen molar-refractivity contribution in [3.8, 4) is 5.75 Å². The first-order valence-corrected chi connectivity index (χ1v) is 7.69. The number of rotatable bonds is 5. The van der Waals surface area contributed by atoms with Crippen LogP contribution in [0.15, 0.2) is 29.4 Å². The zero-order valence-corrected chi connectivity index (χ0v) is 13.3. The number of imide groups is 1. The van der Waals surface area contributed by atoms with Gasteiger partial charge in [-0.1, -0.05) is 0 Å². The summed E-state index contributed by atoms with van der Waals surface area (Å²) in [4.78, 5) is 38.2. The van der Waals surface area contributed by atoms with E-state index in [0.717, 1.165) is 4.90 Å². The summed E-state index contributed by atoms with van der Waals surface area (Å²) < 4.78 is 10.2. The van der Waals surface area contributed by atoms with E-state index in [4.69, 9.17) is 9.47 Å². The second-order valence-electron chi connectivity index (χ2n) is 5.24. The molecule has 0 aliphatic carbocycles. The van der Waals surface area contributed by atoms with Gasteiger partial charge in [-0.05, 0) is 38.1 Å². The molecule has 8 nitrogen and oxygen atoms in total. The largest absolute Gasteiger partial charge is 0.494 e. The zero-order chi connectivity index (χ0) is 17.3. The highest BCUT2D eigenvalue weighted by molar-refractivity contribution is 6.46. The fourth-order valence-corrected chi connectivity index (χ4v) is 2.78. The molecule has 0 radical (unpaired) electrons. The van der Waals surface area contributed by atoms with Gasteiger partial charge < -0.3 is 9.47 Å². The summed E-state index contributed by atoms with van der Waals surface area (Å²) in [5, 5.41) is 3.81. The average Bonchev–Trinajstić information content (AvgIpc) is 3.10. The maximum Gasteiger partial charge on any atom is 0.355 e. The molecular weight excluding hydrogens is 314 g/mol. The van der Waals surface area contributed by atoms with Gasteiger partial charge in [0.1, 0.15) is 17.7 Å². The minimum absolute atomic E-state index is 0.0614. The van der Waals surface area contributed by atoms with E-state index in [1.807, 2.05) is 6.92 Å². The number of anilines is 1. The first-order valence-electron chi connectivity index (χ1n) is 7.69. The van der Waals surface area contributed by atoms with Gasteiger partial charge >= 0.3 is 5.97 Å². The molecule has 8 heteroatoms. The van der Waals surface area contributed by atoms with Crippen LogP contribution in [0.3, 0.4) is 0 Å². The lowest BCUT2D eigenvalue weighted by molar-refractivity contribution is -0.136. The highest BCUT2D eigenvalue weighted by Gasteiger charge is 2.55. The molecule has 24 heavy (non-hydrogen) atoms. The van der Waals surface area contributed by atoms with Crippen molar-refractivity contribution in [1.82, 2.24) is 5.43 Å². The highest BCUT2D eigenvalue weighted by atomic mass is 16.5. The highest BCUT2D eigenvalue weighted by Crippen LogP contribution is 2.31. The molecule has 0 spiro atoms. The number of nitrogens with one attached hydrogen (secondary N) is 1. The SMILES string of the molecule is CCOC(=O)C1=NN[C@@H]2C(=O)N(c3ccc(OCC)cc3)C(=O)[C@H]12. The Balaban J connectivity index is 1.85. The number of carbonyl (C=O) groups is 3. The van der Waals surface area contributed by atoms with E-state index < -0.39 is 29.7 Å². The second-order valence-corrected chi connectivity index (χ2v) is 5.24. The molecule has 1 aromatic carbocycles. The van der Waals surface area contributed by atoms with Crippen molar-refractivity contribution in [1.29, 1.82) is 0 Å². The zero-order valence-electron chi connectivity index (χ0n) is 13.3. The number of benzene rings is 1. The van der Waals surface area contributed by atoms with Crippen LogP contribution in [0.4, 0.5) is 5.69 Å². The number of carbonyl (C=O) groups excluding carboxylic acids is 3. The van der Waals surface area contributed by atoms with Crippen LogP contribution in [0.1, 0.15) is 13.8 Å². The van der Waals surface area contributed by atoms with Crippen LogP contribution in [0, 0.1) is 5.92 Å². The first-order chi connectivity index (χ1) is 11.6. The summed E-state index contributed by atoms with van der Waals surface area (Å²) in [6.45, 7) is 4.21. The van der Waals surface area contributed by atoms with Crippen molar-refractivity contribution in [2.75, 3.05) is 18.1 Å². The molecule has 2 aliphatic rings. The van der Waals surface area contributed by atoms with E-state index in [2.05, 4.69) is 10.5 Å². The van der Waals surface area contributed by atoms with Gasteiger partial charge in [-0.2, -0.15) is 5.10 Å². The van der Waals surface area contributed by atoms with Gasteiger partial charge in [0.05, 0.1) is 18.9 Å². The lowest BCUT2D eigenvalue weighted by Crippen LogP contribution is -2.36. The Labute approximate surface area is 138 Å². The fraction of sp³-hybridized carbons (Fsp3) is 0.375. The van der Waals surface area contributed by atoms with Gasteiger partial charge in [-0.3, -0.25) is 15.0 Å². The van der Waals surface area contributed by atoms with E-state index >= 15 is 0 Å². The van der Waals surface area contributed by atoms with Crippen molar-refractivity contribution in [2.45, 2.75) is 19.9 Å². The smallest absolute Gasteiger partial charge is 0.355 e. The minimum Gasteiger partial charge on any atom is -0.494 e. The summed E-state index contributed by atoms with van der Waals surface area (Å²) >= 11 is 0. The van der Waals surface area contributed by atoms with Crippen molar-refractivity contribution in [3.05, 3.63) is 24.3 Å². The summed E-state index contributed by atoms with van der Waals surface area (Å²) in [7, 11) is 0. The third kappa shape index (κ3) is 2.49. The van der Waals surface area contributed by atoms with Gasteiger partial charge in [0.15, 0.2) is 5.71 Å². The molecule has 2 heterocycles. The number of nitrogens with zero attached hydrogens (tertiary/aromatic N) is 2. The molecule has 0 unspecified atom stereocenters. The summed E-state index contributed by atoms with van der Waals surface area (Å²) in [6, 6.07) is 5.75. The van der Waals surface area contributed by atoms with Crippen LogP contribution in [-0.4, -0.2) is 42.8 Å². The standard InChI is InChI=1S/C16H17N3O5/c1-3-23-10-7-5-9(6-8-10)19-14(20)11-12(15(19)21)17-18-13(11)16(22)24-4-2/h5-8,11-12,17H,3-4H2,1-2H3/t11-,12-/m0/s1. The molecule has 2 amide bonds. The van der Waals surface area contributed by atoms with Crippen LogP contribution in [0.5, 0.6) is 5.75 Å². The van der Waals surface area contributed by atoms with Crippen LogP contribution in [0.2, 0.25) is 0 Å². The third-order valence-electron chi connectivity index (χ3n) is 3.82. The molecule has 1 saturated heterocycles. The molecule has 0 aromatic heterocycles. The number of hydrogen-bond acceptors (Lipinski definition) is 7. The Morgan fingerprint density at radius 3 is 2.50 bits per heavy atom. The Bertz CT molecular complexity index is 713.